The van der Waals surface area contributed by atoms with E-state index >= 15 is 0 Å². The van der Waals surface area contributed by atoms with Gasteiger partial charge in [0.2, 0.25) is 0 Å². The topological polar surface area (TPSA) is 38.9 Å². The summed E-state index contributed by atoms with van der Waals surface area (Å²) in [6.07, 6.45) is 1.80. The molecule has 2 heteroatoms. The Kier molecular flexibility index (Phi) is 2.79. The number of benzene rings is 1. The van der Waals surface area contributed by atoms with E-state index in [1.165, 1.54) is 0 Å². The fraction of sp³-hybridized carbons (Fsp3) is 0.154. The van der Waals surface area contributed by atoms with Crippen LogP contribution in [0.25, 0.3) is 11.3 Å². The second kappa shape index (κ2) is 4.24. The summed E-state index contributed by atoms with van der Waals surface area (Å²) in [5, 5.41) is 0. The molecule has 1 unspecified atom stereocenters. The zero-order chi connectivity index (χ0) is 10.7. The molecule has 0 saturated heterocycles. The highest BCUT2D eigenvalue weighted by atomic mass is 14.7. The van der Waals surface area contributed by atoms with Gasteiger partial charge in [0.05, 0.1) is 5.69 Å². The Morgan fingerprint density at radius 3 is 2.33 bits per heavy atom. The Bertz CT molecular complexity index is 418. The van der Waals surface area contributed by atoms with Crippen LogP contribution in [0.3, 0.4) is 0 Å². The van der Waals surface area contributed by atoms with Crippen LogP contribution in [0.5, 0.6) is 0 Å². The average Bonchev–Trinajstić information content (AvgIpc) is 2.30. The monoisotopic (exact) mass is 198 g/mol. The highest BCUT2D eigenvalue weighted by molar-refractivity contribution is 5.59. The average molecular weight is 198 g/mol. The van der Waals surface area contributed by atoms with Gasteiger partial charge in [-0.3, -0.25) is 4.98 Å². The Hall–Kier alpha value is -1.67. The van der Waals surface area contributed by atoms with E-state index in [1.54, 1.807) is 6.20 Å². The summed E-state index contributed by atoms with van der Waals surface area (Å²) in [5.74, 6) is 0. The molecule has 15 heavy (non-hydrogen) atoms. The number of aromatic nitrogens is 1. The van der Waals surface area contributed by atoms with E-state index in [1.807, 2.05) is 25.1 Å². The van der Waals surface area contributed by atoms with Crippen molar-refractivity contribution in [2.45, 2.75) is 13.0 Å². The third-order valence-corrected chi connectivity index (χ3v) is 2.40. The number of nitrogens with two attached hydrogens (primary N) is 1. The maximum atomic E-state index is 5.79. The van der Waals surface area contributed by atoms with Gasteiger partial charge in [0.15, 0.2) is 0 Å². The smallest absolute Gasteiger partial charge is 0.0701 e. The second-order valence-electron chi connectivity index (χ2n) is 3.63. The first-order chi connectivity index (χ1) is 7.27. The molecule has 0 aliphatic rings. The molecule has 0 amide bonds. The van der Waals surface area contributed by atoms with Crippen LogP contribution in [0.4, 0.5) is 0 Å². The summed E-state index contributed by atoms with van der Waals surface area (Å²) in [5.41, 5.74) is 9.05. The molecule has 2 aromatic rings. The third kappa shape index (κ3) is 2.22. The molecule has 1 heterocycles. The van der Waals surface area contributed by atoms with Crippen molar-refractivity contribution in [2.24, 2.45) is 5.73 Å². The van der Waals surface area contributed by atoms with Crippen LogP contribution in [-0.4, -0.2) is 4.98 Å². The van der Waals surface area contributed by atoms with Crippen molar-refractivity contribution in [3.8, 4) is 11.3 Å². The summed E-state index contributed by atoms with van der Waals surface area (Å²) >= 11 is 0. The van der Waals surface area contributed by atoms with Gasteiger partial charge in [-0.05, 0) is 24.6 Å². The van der Waals surface area contributed by atoms with Crippen LogP contribution < -0.4 is 5.73 Å². The van der Waals surface area contributed by atoms with E-state index in [0.29, 0.717) is 0 Å². The van der Waals surface area contributed by atoms with Crippen LogP contribution in [0.15, 0.2) is 48.7 Å². The van der Waals surface area contributed by atoms with Crippen molar-refractivity contribution in [2.75, 3.05) is 0 Å². The summed E-state index contributed by atoms with van der Waals surface area (Å²) < 4.78 is 0. The molecular weight excluding hydrogens is 184 g/mol. The van der Waals surface area contributed by atoms with Gasteiger partial charge in [-0.1, -0.05) is 30.3 Å². The molecule has 0 saturated carbocycles. The first-order valence-corrected chi connectivity index (χ1v) is 5.04. The zero-order valence-electron chi connectivity index (χ0n) is 8.72. The van der Waals surface area contributed by atoms with Gasteiger partial charge >= 0.3 is 0 Å². The molecule has 0 spiro atoms. The predicted molar refractivity (Wildman–Crippen MR) is 62.3 cm³/mol. The molecular formula is C13H14N2. The van der Waals surface area contributed by atoms with Crippen LogP contribution in [0.2, 0.25) is 0 Å². The molecule has 0 aliphatic carbocycles. The minimum atomic E-state index is 0.0859. The van der Waals surface area contributed by atoms with Gasteiger partial charge in [0.1, 0.15) is 0 Å². The first-order valence-electron chi connectivity index (χ1n) is 5.04. The van der Waals surface area contributed by atoms with Crippen LogP contribution in [-0.2, 0) is 0 Å². The van der Waals surface area contributed by atoms with Crippen molar-refractivity contribution in [3.05, 3.63) is 54.2 Å². The lowest BCUT2D eigenvalue weighted by Gasteiger charge is -2.06. The minimum absolute atomic E-state index is 0.0859. The molecule has 0 fully saturated rings. The lowest BCUT2D eigenvalue weighted by atomic mass is 10.0. The molecule has 2 N–H and O–H groups in total. The molecule has 0 aliphatic heterocycles. The lowest BCUT2D eigenvalue weighted by molar-refractivity contribution is 0.818. The van der Waals surface area contributed by atoms with Gasteiger partial charge in [-0.25, -0.2) is 0 Å². The van der Waals surface area contributed by atoms with Gasteiger partial charge in [0.25, 0.3) is 0 Å². The van der Waals surface area contributed by atoms with Crippen molar-refractivity contribution in [3.63, 3.8) is 0 Å². The van der Waals surface area contributed by atoms with E-state index in [0.717, 1.165) is 16.8 Å². The Balaban J connectivity index is 2.32. The summed E-state index contributed by atoms with van der Waals surface area (Å²) in [4.78, 5) is 4.29. The van der Waals surface area contributed by atoms with Gasteiger partial charge in [0, 0.05) is 17.8 Å². The fourth-order valence-electron chi connectivity index (χ4n) is 1.49. The highest BCUT2D eigenvalue weighted by Gasteiger charge is 2.00. The molecule has 1 aromatic heterocycles. The number of hydrogen-bond donors (Lipinski definition) is 1. The second-order valence-corrected chi connectivity index (χ2v) is 3.63. The molecule has 2 rings (SSSR count). The van der Waals surface area contributed by atoms with E-state index in [-0.39, 0.29) is 6.04 Å². The fourth-order valence-corrected chi connectivity index (χ4v) is 1.49. The Labute approximate surface area is 89.8 Å². The van der Waals surface area contributed by atoms with E-state index in [4.69, 9.17) is 5.73 Å². The van der Waals surface area contributed by atoms with Crippen molar-refractivity contribution >= 4 is 0 Å². The number of nitrogens with zero attached hydrogens (tertiary/aromatic N) is 1. The predicted octanol–water partition coefficient (Wildman–Crippen LogP) is 2.77. The Morgan fingerprint density at radius 2 is 1.80 bits per heavy atom. The van der Waals surface area contributed by atoms with E-state index in [2.05, 4.69) is 29.2 Å². The highest BCUT2D eigenvalue weighted by Crippen LogP contribution is 2.18. The van der Waals surface area contributed by atoms with Crippen molar-refractivity contribution in [1.29, 1.82) is 0 Å². The molecule has 0 radical (unpaired) electrons. The quantitative estimate of drug-likeness (QED) is 0.805. The van der Waals surface area contributed by atoms with Crippen LogP contribution in [0.1, 0.15) is 18.5 Å². The van der Waals surface area contributed by atoms with Crippen molar-refractivity contribution < 1.29 is 0 Å². The molecule has 1 aromatic carbocycles. The molecule has 1 atom stereocenters. The van der Waals surface area contributed by atoms with Gasteiger partial charge in [-0.2, -0.15) is 0 Å². The minimum Gasteiger partial charge on any atom is -0.324 e. The van der Waals surface area contributed by atoms with Gasteiger partial charge in [-0.15, -0.1) is 0 Å². The first kappa shape index (κ1) is 9.87. The molecule has 0 bridgehead atoms. The maximum Gasteiger partial charge on any atom is 0.0701 e. The van der Waals surface area contributed by atoms with E-state index < -0.39 is 0 Å². The molecule has 76 valence electrons. The lowest BCUT2D eigenvalue weighted by Crippen LogP contribution is -2.04. The van der Waals surface area contributed by atoms with Crippen molar-refractivity contribution in [1.82, 2.24) is 4.98 Å². The Morgan fingerprint density at radius 1 is 1.07 bits per heavy atom. The molecule has 2 nitrogen and oxygen atoms in total. The largest absolute Gasteiger partial charge is 0.324 e. The number of pyridine rings is 1. The zero-order valence-corrected chi connectivity index (χ0v) is 8.72. The number of hydrogen-bond acceptors (Lipinski definition) is 2. The van der Waals surface area contributed by atoms with Crippen LogP contribution >= 0.6 is 0 Å². The van der Waals surface area contributed by atoms with Gasteiger partial charge < -0.3 is 5.73 Å². The summed E-state index contributed by atoms with van der Waals surface area (Å²) in [7, 11) is 0. The maximum absolute atomic E-state index is 5.79. The summed E-state index contributed by atoms with van der Waals surface area (Å²) in [6, 6.07) is 14.2. The summed E-state index contributed by atoms with van der Waals surface area (Å²) in [6.45, 7) is 1.98. The number of rotatable bonds is 2. The van der Waals surface area contributed by atoms with E-state index in [9.17, 15) is 0 Å². The normalized spacial score (nSPS) is 12.4. The SMILES string of the molecule is CC(N)c1ccc(-c2ccccn2)cc1. The third-order valence-electron chi connectivity index (χ3n) is 2.40. The standard InChI is InChI=1S/C13H14N2/c1-10(14)11-5-7-12(8-6-11)13-4-2-3-9-15-13/h2-10H,14H2,1H3. The van der Waals surface area contributed by atoms with Crippen LogP contribution in [0, 0.1) is 0 Å².